The van der Waals surface area contributed by atoms with Crippen molar-refractivity contribution < 1.29 is 14.3 Å². The Morgan fingerprint density at radius 2 is 2.08 bits per heavy atom. The van der Waals surface area contributed by atoms with Crippen molar-refractivity contribution in [3.8, 4) is 0 Å². The topological polar surface area (TPSA) is 65.1 Å². The number of amides is 2. The summed E-state index contributed by atoms with van der Waals surface area (Å²) in [5.41, 5.74) is 1.37. The molecule has 3 rings (SSSR count). The molecule has 7 nitrogen and oxygen atoms in total. The molecule has 0 aromatic carbocycles. The molecule has 24 heavy (non-hydrogen) atoms. The lowest BCUT2D eigenvalue weighted by molar-refractivity contribution is 0.117. The van der Waals surface area contributed by atoms with Gasteiger partial charge in [0.1, 0.15) is 6.17 Å². The van der Waals surface area contributed by atoms with E-state index < -0.39 is 12.2 Å². The second-order valence-corrected chi connectivity index (χ2v) is 7.38. The van der Waals surface area contributed by atoms with Gasteiger partial charge in [-0.15, -0.1) is 0 Å². The molecule has 1 fully saturated rings. The Kier molecular flexibility index (Phi) is 3.97. The zero-order valence-corrected chi connectivity index (χ0v) is 14.9. The molecular formula is C17H26N4O3. The van der Waals surface area contributed by atoms with E-state index in [1.54, 1.807) is 14.1 Å². The Morgan fingerprint density at radius 1 is 1.38 bits per heavy atom. The Hall–Kier alpha value is -2.18. The van der Waals surface area contributed by atoms with Crippen LogP contribution in [0.2, 0.25) is 0 Å². The Labute approximate surface area is 142 Å². The molecule has 7 heteroatoms. The van der Waals surface area contributed by atoms with E-state index in [4.69, 9.17) is 4.74 Å². The molecule has 0 bridgehead atoms. The van der Waals surface area contributed by atoms with Gasteiger partial charge in [-0.05, 0) is 19.0 Å². The van der Waals surface area contributed by atoms with Crippen molar-refractivity contribution in [2.24, 2.45) is 11.3 Å². The van der Waals surface area contributed by atoms with Crippen LogP contribution in [-0.2, 0) is 4.74 Å². The van der Waals surface area contributed by atoms with Crippen molar-refractivity contribution in [1.29, 1.82) is 0 Å². The molecule has 4 unspecified atom stereocenters. The number of likely N-dealkylation sites (tertiary alicyclic amines) is 1. The van der Waals surface area contributed by atoms with Crippen LogP contribution in [-0.4, -0.2) is 67.3 Å². The zero-order chi connectivity index (χ0) is 17.6. The molecule has 0 saturated carbocycles. The third kappa shape index (κ3) is 2.52. The summed E-state index contributed by atoms with van der Waals surface area (Å²) < 4.78 is 4.76. The normalized spacial score (nSPS) is 33.7. The van der Waals surface area contributed by atoms with E-state index >= 15 is 0 Å². The van der Waals surface area contributed by atoms with Gasteiger partial charge in [-0.2, -0.15) is 0 Å². The van der Waals surface area contributed by atoms with Crippen molar-refractivity contribution in [2.45, 2.75) is 32.0 Å². The number of rotatable bonds is 1. The minimum Gasteiger partial charge on any atom is -0.360 e. The van der Waals surface area contributed by atoms with E-state index in [0.717, 1.165) is 12.8 Å². The van der Waals surface area contributed by atoms with Crippen LogP contribution in [0.15, 0.2) is 24.0 Å². The molecular weight excluding hydrogens is 308 g/mol. The van der Waals surface area contributed by atoms with Crippen molar-refractivity contribution in [2.75, 3.05) is 28.2 Å². The summed E-state index contributed by atoms with van der Waals surface area (Å²) in [5.74, 6) is 0.345. The SMILES string of the molecule is CN(C)C(=O)OC(=O)NC1CC=C2C(C1)C1(C)C=CN(C)C1N2C. The van der Waals surface area contributed by atoms with Gasteiger partial charge in [-0.25, -0.2) is 9.59 Å². The number of nitrogens with zero attached hydrogens (tertiary/aromatic N) is 3. The summed E-state index contributed by atoms with van der Waals surface area (Å²) in [5, 5.41) is 2.83. The quantitative estimate of drug-likeness (QED) is 0.741. The van der Waals surface area contributed by atoms with Crippen molar-refractivity contribution in [1.82, 2.24) is 20.0 Å². The third-order valence-electron chi connectivity index (χ3n) is 5.49. The van der Waals surface area contributed by atoms with Gasteiger partial charge in [-0.1, -0.05) is 19.1 Å². The number of nitrogens with one attached hydrogen (secondary N) is 1. The van der Waals surface area contributed by atoms with Gasteiger partial charge < -0.3 is 24.8 Å². The average Bonchev–Trinajstić information content (AvgIpc) is 2.93. The number of alkyl carbamates (subject to hydrolysis) is 1. The highest BCUT2D eigenvalue weighted by atomic mass is 16.6. The Bertz CT molecular complexity index is 615. The number of hydrogen-bond donors (Lipinski definition) is 1. The molecule has 2 heterocycles. The number of carbonyl (C=O) groups excluding carboxylic acids is 2. The second kappa shape index (κ2) is 5.72. The second-order valence-electron chi connectivity index (χ2n) is 7.38. The van der Waals surface area contributed by atoms with E-state index in [-0.39, 0.29) is 11.5 Å². The number of ether oxygens (including phenoxy) is 1. The molecule has 2 amide bonds. The molecule has 0 radical (unpaired) electrons. The van der Waals surface area contributed by atoms with Gasteiger partial charge in [0.15, 0.2) is 0 Å². The smallest absolute Gasteiger partial charge is 0.360 e. The zero-order valence-electron chi connectivity index (χ0n) is 14.9. The molecule has 3 aliphatic rings. The van der Waals surface area contributed by atoms with Crippen LogP contribution in [0, 0.1) is 11.3 Å². The van der Waals surface area contributed by atoms with Crippen LogP contribution in [0.3, 0.4) is 0 Å². The lowest BCUT2D eigenvalue weighted by atomic mass is 9.72. The molecule has 0 spiro atoms. The molecule has 1 aliphatic carbocycles. The maximum Gasteiger partial charge on any atom is 0.418 e. The van der Waals surface area contributed by atoms with Crippen LogP contribution in [0.25, 0.3) is 0 Å². The minimum atomic E-state index is -0.678. The van der Waals surface area contributed by atoms with E-state index in [1.165, 1.54) is 10.6 Å². The van der Waals surface area contributed by atoms with E-state index in [2.05, 4.69) is 54.5 Å². The number of allylic oxidation sites excluding steroid dienone is 1. The third-order valence-corrected chi connectivity index (χ3v) is 5.49. The van der Waals surface area contributed by atoms with Gasteiger partial charge in [0.05, 0.1) is 0 Å². The van der Waals surface area contributed by atoms with Crippen molar-refractivity contribution in [3.63, 3.8) is 0 Å². The molecule has 1 saturated heterocycles. The lowest BCUT2D eigenvalue weighted by Gasteiger charge is -2.34. The lowest BCUT2D eigenvalue weighted by Crippen LogP contribution is -2.43. The van der Waals surface area contributed by atoms with Crippen LogP contribution >= 0.6 is 0 Å². The van der Waals surface area contributed by atoms with E-state index in [0.29, 0.717) is 12.1 Å². The highest BCUT2D eigenvalue weighted by Gasteiger charge is 2.55. The maximum atomic E-state index is 11.9. The fourth-order valence-electron chi connectivity index (χ4n) is 4.37. The maximum absolute atomic E-state index is 11.9. The minimum absolute atomic E-state index is 0.0236. The summed E-state index contributed by atoms with van der Waals surface area (Å²) in [6.07, 6.45) is 7.18. The molecule has 0 aromatic heterocycles. The molecule has 132 valence electrons. The first-order valence-electron chi connectivity index (χ1n) is 8.28. The summed E-state index contributed by atoms with van der Waals surface area (Å²) in [6.45, 7) is 2.27. The summed E-state index contributed by atoms with van der Waals surface area (Å²) >= 11 is 0. The van der Waals surface area contributed by atoms with Gasteiger partial charge in [0, 0.05) is 51.3 Å². The fraction of sp³-hybridized carbons (Fsp3) is 0.647. The predicted molar refractivity (Wildman–Crippen MR) is 89.9 cm³/mol. The highest BCUT2D eigenvalue weighted by molar-refractivity contribution is 5.83. The van der Waals surface area contributed by atoms with Gasteiger partial charge in [0.25, 0.3) is 0 Å². The van der Waals surface area contributed by atoms with E-state index in [9.17, 15) is 9.59 Å². The highest BCUT2D eigenvalue weighted by Crippen LogP contribution is 2.55. The Balaban J connectivity index is 1.69. The average molecular weight is 334 g/mol. The molecule has 1 N–H and O–H groups in total. The largest absolute Gasteiger partial charge is 0.418 e. The first-order chi connectivity index (χ1) is 11.2. The molecule has 2 aliphatic heterocycles. The van der Waals surface area contributed by atoms with Gasteiger partial charge >= 0.3 is 12.2 Å². The fourth-order valence-corrected chi connectivity index (χ4v) is 4.37. The first-order valence-corrected chi connectivity index (χ1v) is 8.28. The van der Waals surface area contributed by atoms with Crippen LogP contribution < -0.4 is 5.32 Å². The van der Waals surface area contributed by atoms with Crippen LogP contribution in [0.5, 0.6) is 0 Å². The summed E-state index contributed by atoms with van der Waals surface area (Å²) in [7, 11) is 7.32. The number of hydrogen-bond acceptors (Lipinski definition) is 5. The van der Waals surface area contributed by atoms with Crippen molar-refractivity contribution >= 4 is 12.2 Å². The molecule has 0 aromatic rings. The predicted octanol–water partition coefficient (Wildman–Crippen LogP) is 1.79. The first kappa shape index (κ1) is 16.7. The van der Waals surface area contributed by atoms with E-state index in [1.807, 2.05) is 0 Å². The van der Waals surface area contributed by atoms with Crippen LogP contribution in [0.4, 0.5) is 9.59 Å². The van der Waals surface area contributed by atoms with Crippen molar-refractivity contribution in [3.05, 3.63) is 24.0 Å². The number of carbonyl (C=O) groups is 2. The van der Waals surface area contributed by atoms with Gasteiger partial charge in [-0.3, -0.25) is 0 Å². The van der Waals surface area contributed by atoms with Gasteiger partial charge in [0.2, 0.25) is 0 Å². The monoisotopic (exact) mass is 334 g/mol. The molecule has 4 atom stereocenters. The van der Waals surface area contributed by atoms with Crippen LogP contribution in [0.1, 0.15) is 19.8 Å². The standard InChI is InChI=1S/C17H26N4O3/c1-17-8-9-20(4)14(17)21(5)13-7-6-11(10-12(13)17)18-15(22)24-16(23)19(2)3/h7-9,11-12,14H,6,10H2,1-5H3,(H,18,22). The number of fused-ring (bicyclic) bond motifs is 3. The Morgan fingerprint density at radius 3 is 2.75 bits per heavy atom. The summed E-state index contributed by atoms with van der Waals surface area (Å²) in [6, 6.07) is -0.0236. The summed E-state index contributed by atoms with van der Waals surface area (Å²) in [4.78, 5) is 29.2.